The summed E-state index contributed by atoms with van der Waals surface area (Å²) in [5.74, 6) is 1.33. The molecule has 0 bridgehead atoms. The fraction of sp³-hybridized carbons (Fsp3) is 0.538. The maximum atomic E-state index is 6.25. The Balaban J connectivity index is 2.10. The largest absolute Gasteiger partial charge is 0.294 e. The Kier molecular flexibility index (Phi) is 3.16. The van der Waals surface area contributed by atoms with E-state index in [1.165, 1.54) is 23.3 Å². The SMILES string of the molecule is CC(C)c1nnc(Cl)n1C1CCCc2sccc21. The summed E-state index contributed by atoms with van der Waals surface area (Å²) in [7, 11) is 0. The summed E-state index contributed by atoms with van der Waals surface area (Å²) in [6, 6.07) is 2.55. The first-order chi connectivity index (χ1) is 8.68. The van der Waals surface area contributed by atoms with Crippen molar-refractivity contribution in [3.8, 4) is 0 Å². The first kappa shape index (κ1) is 12.2. The monoisotopic (exact) mass is 281 g/mol. The minimum absolute atomic E-state index is 0.319. The second-order valence-electron chi connectivity index (χ2n) is 5.06. The lowest BCUT2D eigenvalue weighted by Gasteiger charge is -2.26. The molecule has 2 aromatic rings. The molecule has 3 nitrogen and oxygen atoms in total. The summed E-state index contributed by atoms with van der Waals surface area (Å²) < 4.78 is 2.12. The number of hydrogen-bond acceptors (Lipinski definition) is 3. The first-order valence-electron chi connectivity index (χ1n) is 6.35. The van der Waals surface area contributed by atoms with Crippen molar-refractivity contribution < 1.29 is 0 Å². The minimum Gasteiger partial charge on any atom is -0.294 e. The van der Waals surface area contributed by atoms with E-state index >= 15 is 0 Å². The van der Waals surface area contributed by atoms with E-state index in [1.54, 1.807) is 0 Å². The van der Waals surface area contributed by atoms with E-state index in [1.807, 2.05) is 11.3 Å². The highest BCUT2D eigenvalue weighted by molar-refractivity contribution is 7.10. The van der Waals surface area contributed by atoms with Crippen LogP contribution in [0.25, 0.3) is 0 Å². The number of aromatic nitrogens is 3. The predicted octanol–water partition coefficient (Wildman–Crippen LogP) is 4.04. The van der Waals surface area contributed by atoms with E-state index in [0.717, 1.165) is 12.2 Å². The lowest BCUT2D eigenvalue weighted by Crippen LogP contribution is -2.18. The Labute approximate surface area is 116 Å². The molecule has 0 spiro atoms. The van der Waals surface area contributed by atoms with Crippen molar-refractivity contribution in [2.45, 2.75) is 45.1 Å². The van der Waals surface area contributed by atoms with Gasteiger partial charge in [0.2, 0.25) is 5.28 Å². The van der Waals surface area contributed by atoms with Gasteiger partial charge in [-0.15, -0.1) is 21.5 Å². The fourth-order valence-corrected chi connectivity index (χ4v) is 3.92. The van der Waals surface area contributed by atoms with Crippen molar-refractivity contribution in [2.24, 2.45) is 0 Å². The number of thiophene rings is 1. The summed E-state index contributed by atoms with van der Waals surface area (Å²) in [6.45, 7) is 4.27. The molecule has 96 valence electrons. The molecule has 0 amide bonds. The van der Waals surface area contributed by atoms with Gasteiger partial charge in [0, 0.05) is 10.8 Å². The predicted molar refractivity (Wildman–Crippen MR) is 74.5 cm³/mol. The molecule has 1 aliphatic rings. The van der Waals surface area contributed by atoms with Gasteiger partial charge < -0.3 is 0 Å². The molecule has 0 aliphatic heterocycles. The van der Waals surface area contributed by atoms with Crippen LogP contribution in [0.3, 0.4) is 0 Å². The van der Waals surface area contributed by atoms with E-state index in [9.17, 15) is 0 Å². The zero-order chi connectivity index (χ0) is 12.7. The van der Waals surface area contributed by atoms with Crippen LogP contribution >= 0.6 is 22.9 Å². The van der Waals surface area contributed by atoms with E-state index in [-0.39, 0.29) is 0 Å². The molecule has 0 radical (unpaired) electrons. The van der Waals surface area contributed by atoms with Crippen LogP contribution in [-0.4, -0.2) is 14.8 Å². The summed E-state index contributed by atoms with van der Waals surface area (Å²) in [6.07, 6.45) is 3.53. The molecular formula is C13H16ClN3S. The number of aryl methyl sites for hydroxylation is 1. The number of hydrogen-bond donors (Lipinski definition) is 0. The van der Waals surface area contributed by atoms with Crippen LogP contribution in [0.1, 0.15) is 54.9 Å². The molecule has 2 heterocycles. The van der Waals surface area contributed by atoms with Gasteiger partial charge in [0.05, 0.1) is 6.04 Å². The Hall–Kier alpha value is -0.870. The maximum absolute atomic E-state index is 6.25. The summed E-state index contributed by atoms with van der Waals surface area (Å²) in [5, 5.41) is 11.0. The van der Waals surface area contributed by atoms with Crippen molar-refractivity contribution in [1.82, 2.24) is 14.8 Å². The molecule has 1 atom stereocenters. The van der Waals surface area contributed by atoms with Gasteiger partial charge in [-0.1, -0.05) is 13.8 Å². The van der Waals surface area contributed by atoms with E-state index in [0.29, 0.717) is 17.2 Å². The first-order valence-corrected chi connectivity index (χ1v) is 7.60. The topological polar surface area (TPSA) is 30.7 Å². The highest BCUT2D eigenvalue weighted by Gasteiger charge is 2.27. The number of halogens is 1. The lowest BCUT2D eigenvalue weighted by atomic mass is 9.93. The van der Waals surface area contributed by atoms with Crippen LogP contribution < -0.4 is 0 Å². The Morgan fingerprint density at radius 3 is 3.06 bits per heavy atom. The molecular weight excluding hydrogens is 266 g/mol. The van der Waals surface area contributed by atoms with Crippen LogP contribution in [0.5, 0.6) is 0 Å². The van der Waals surface area contributed by atoms with Gasteiger partial charge in [-0.05, 0) is 47.9 Å². The zero-order valence-corrected chi connectivity index (χ0v) is 12.1. The molecule has 0 saturated carbocycles. The van der Waals surface area contributed by atoms with Crippen LogP contribution in [0.4, 0.5) is 0 Å². The Morgan fingerprint density at radius 2 is 2.28 bits per heavy atom. The van der Waals surface area contributed by atoms with E-state index < -0.39 is 0 Å². The van der Waals surface area contributed by atoms with Crippen LogP contribution in [0.15, 0.2) is 11.4 Å². The molecule has 0 N–H and O–H groups in total. The van der Waals surface area contributed by atoms with Crippen LogP contribution in [0, 0.1) is 0 Å². The third-order valence-electron chi connectivity index (χ3n) is 3.53. The number of fused-ring (bicyclic) bond motifs is 1. The second kappa shape index (κ2) is 4.67. The van der Waals surface area contributed by atoms with Crippen LogP contribution in [-0.2, 0) is 6.42 Å². The molecule has 0 saturated heterocycles. The Bertz CT molecular complexity index is 558. The quantitative estimate of drug-likeness (QED) is 0.832. The third kappa shape index (κ3) is 1.88. The van der Waals surface area contributed by atoms with Crippen LogP contribution in [0.2, 0.25) is 5.28 Å². The lowest BCUT2D eigenvalue weighted by molar-refractivity contribution is 0.471. The molecule has 0 aromatic carbocycles. The molecule has 18 heavy (non-hydrogen) atoms. The van der Waals surface area contributed by atoms with Crippen molar-refractivity contribution >= 4 is 22.9 Å². The molecule has 1 unspecified atom stereocenters. The summed E-state index contributed by atoms with van der Waals surface area (Å²) in [4.78, 5) is 1.49. The van der Waals surface area contributed by atoms with Gasteiger partial charge >= 0.3 is 0 Å². The maximum Gasteiger partial charge on any atom is 0.225 e. The van der Waals surface area contributed by atoms with Gasteiger partial charge in [0.1, 0.15) is 5.82 Å². The summed E-state index contributed by atoms with van der Waals surface area (Å²) >= 11 is 8.10. The number of nitrogens with zero attached hydrogens (tertiary/aromatic N) is 3. The minimum atomic E-state index is 0.319. The van der Waals surface area contributed by atoms with Crippen molar-refractivity contribution in [2.75, 3.05) is 0 Å². The van der Waals surface area contributed by atoms with Crippen molar-refractivity contribution in [3.63, 3.8) is 0 Å². The average molecular weight is 282 g/mol. The Morgan fingerprint density at radius 1 is 1.44 bits per heavy atom. The third-order valence-corrected chi connectivity index (χ3v) is 4.78. The van der Waals surface area contributed by atoms with Gasteiger partial charge in [-0.3, -0.25) is 4.57 Å². The molecule has 1 aliphatic carbocycles. The second-order valence-corrected chi connectivity index (χ2v) is 6.40. The van der Waals surface area contributed by atoms with Crippen molar-refractivity contribution in [3.05, 3.63) is 33.0 Å². The van der Waals surface area contributed by atoms with E-state index in [4.69, 9.17) is 11.6 Å². The molecule has 3 rings (SSSR count). The van der Waals surface area contributed by atoms with Gasteiger partial charge in [0.25, 0.3) is 0 Å². The molecule has 5 heteroatoms. The van der Waals surface area contributed by atoms with E-state index in [2.05, 4.69) is 40.1 Å². The molecule has 2 aromatic heterocycles. The highest BCUT2D eigenvalue weighted by atomic mass is 35.5. The average Bonchev–Trinajstić information content (AvgIpc) is 2.94. The number of rotatable bonds is 2. The highest BCUT2D eigenvalue weighted by Crippen LogP contribution is 2.38. The molecule has 0 fully saturated rings. The van der Waals surface area contributed by atoms with Gasteiger partial charge in [-0.25, -0.2) is 0 Å². The van der Waals surface area contributed by atoms with Crippen molar-refractivity contribution in [1.29, 1.82) is 0 Å². The van der Waals surface area contributed by atoms with Gasteiger partial charge in [0.15, 0.2) is 0 Å². The normalized spacial score (nSPS) is 19.2. The van der Waals surface area contributed by atoms with Gasteiger partial charge in [-0.2, -0.15) is 0 Å². The fourth-order valence-electron chi connectivity index (χ4n) is 2.70. The zero-order valence-electron chi connectivity index (χ0n) is 10.6. The summed E-state index contributed by atoms with van der Waals surface area (Å²) in [5.41, 5.74) is 1.41. The smallest absolute Gasteiger partial charge is 0.225 e. The standard InChI is InChI=1S/C13H16ClN3S/c1-8(2)12-15-16-13(14)17(12)10-4-3-5-11-9(10)6-7-18-11/h6-8,10H,3-5H2,1-2H3.